The van der Waals surface area contributed by atoms with E-state index < -0.39 is 5.97 Å². The maximum Gasteiger partial charge on any atom is 0.344 e. The third-order valence-corrected chi connectivity index (χ3v) is 6.14. The second kappa shape index (κ2) is 10.3. The topological polar surface area (TPSA) is 65.0 Å². The molecular weight excluding hydrogens is 440 g/mol. The Hall–Kier alpha value is -4.25. The minimum Gasteiger partial charge on any atom is -0.508 e. The van der Waals surface area contributed by atoms with Gasteiger partial charge in [0.15, 0.2) is 6.61 Å². The van der Waals surface area contributed by atoms with E-state index in [4.69, 9.17) is 14.2 Å². The second-order valence-corrected chi connectivity index (χ2v) is 8.56. The smallest absolute Gasteiger partial charge is 0.344 e. The highest BCUT2D eigenvalue weighted by Crippen LogP contribution is 2.44. The molecule has 4 aromatic rings. The van der Waals surface area contributed by atoms with E-state index in [0.717, 1.165) is 28.9 Å². The lowest BCUT2D eigenvalue weighted by Crippen LogP contribution is -2.24. The fourth-order valence-corrected chi connectivity index (χ4v) is 4.37. The van der Waals surface area contributed by atoms with Crippen LogP contribution in [0, 0.1) is 0 Å². The van der Waals surface area contributed by atoms with E-state index in [1.807, 2.05) is 78.9 Å². The van der Waals surface area contributed by atoms with Crippen LogP contribution in [0.1, 0.15) is 34.3 Å². The lowest BCUT2D eigenvalue weighted by atomic mass is 9.82. The van der Waals surface area contributed by atoms with E-state index in [-0.39, 0.29) is 31.0 Å². The summed E-state index contributed by atoms with van der Waals surface area (Å²) in [5.74, 6) is 1.27. The van der Waals surface area contributed by atoms with Gasteiger partial charge < -0.3 is 19.3 Å². The molecule has 1 heterocycles. The van der Waals surface area contributed by atoms with Gasteiger partial charge in [-0.3, -0.25) is 0 Å². The first-order valence-electron chi connectivity index (χ1n) is 11.6. The summed E-state index contributed by atoms with van der Waals surface area (Å²) in [6.07, 6.45) is 0.559. The SMILES string of the molecule is O=C(COc1ccc(C2Oc3ccc(O)cc3CC2c2ccccc2)cc1)OCc1ccccc1. The van der Waals surface area contributed by atoms with E-state index >= 15 is 0 Å². The van der Waals surface area contributed by atoms with Crippen molar-refractivity contribution in [2.45, 2.75) is 25.0 Å². The van der Waals surface area contributed by atoms with Gasteiger partial charge in [0.1, 0.15) is 30.0 Å². The van der Waals surface area contributed by atoms with Gasteiger partial charge in [-0.15, -0.1) is 0 Å². The number of carbonyl (C=O) groups is 1. The number of hydrogen-bond donors (Lipinski definition) is 1. The Morgan fingerprint density at radius 1 is 0.857 bits per heavy atom. The Labute approximate surface area is 204 Å². The first-order valence-corrected chi connectivity index (χ1v) is 11.6. The van der Waals surface area contributed by atoms with Crippen molar-refractivity contribution < 1.29 is 24.1 Å². The summed E-state index contributed by atoms with van der Waals surface area (Å²) in [4.78, 5) is 12.1. The van der Waals surface area contributed by atoms with Crippen molar-refractivity contribution in [3.63, 3.8) is 0 Å². The summed E-state index contributed by atoms with van der Waals surface area (Å²) in [5, 5.41) is 9.94. The number of aromatic hydroxyl groups is 1. The van der Waals surface area contributed by atoms with E-state index in [9.17, 15) is 9.90 Å². The summed E-state index contributed by atoms with van der Waals surface area (Å²) in [6, 6.07) is 32.7. The van der Waals surface area contributed by atoms with Gasteiger partial charge in [-0.05, 0) is 59.0 Å². The Morgan fingerprint density at radius 2 is 1.57 bits per heavy atom. The van der Waals surface area contributed by atoms with Crippen LogP contribution in [0.4, 0.5) is 0 Å². The van der Waals surface area contributed by atoms with E-state index in [1.54, 1.807) is 12.1 Å². The van der Waals surface area contributed by atoms with Crippen LogP contribution in [0.25, 0.3) is 0 Å². The number of phenolic OH excluding ortho intramolecular Hbond substituents is 1. The van der Waals surface area contributed by atoms with E-state index in [2.05, 4.69) is 12.1 Å². The normalized spacial score (nSPS) is 16.6. The van der Waals surface area contributed by atoms with Crippen molar-refractivity contribution in [3.8, 4) is 17.2 Å². The molecule has 1 N–H and O–H groups in total. The lowest BCUT2D eigenvalue weighted by Gasteiger charge is -2.34. The van der Waals surface area contributed by atoms with Crippen LogP contribution in [0.3, 0.4) is 0 Å². The Morgan fingerprint density at radius 3 is 2.31 bits per heavy atom. The fourth-order valence-electron chi connectivity index (χ4n) is 4.37. The molecule has 4 aromatic carbocycles. The van der Waals surface area contributed by atoms with Crippen molar-refractivity contribution in [1.82, 2.24) is 0 Å². The fraction of sp³-hybridized carbons (Fsp3) is 0.167. The predicted molar refractivity (Wildman–Crippen MR) is 133 cm³/mol. The molecule has 35 heavy (non-hydrogen) atoms. The molecular formula is C30H26O5. The molecule has 0 fully saturated rings. The van der Waals surface area contributed by atoms with E-state index in [1.165, 1.54) is 5.56 Å². The molecule has 1 aliphatic rings. The van der Waals surface area contributed by atoms with Crippen LogP contribution in [0.15, 0.2) is 103 Å². The lowest BCUT2D eigenvalue weighted by molar-refractivity contribution is -0.147. The second-order valence-electron chi connectivity index (χ2n) is 8.56. The molecule has 1 aliphatic heterocycles. The van der Waals surface area contributed by atoms with Gasteiger partial charge >= 0.3 is 5.97 Å². The highest BCUT2D eigenvalue weighted by atomic mass is 16.6. The van der Waals surface area contributed by atoms with Gasteiger partial charge in [0.25, 0.3) is 0 Å². The zero-order valence-corrected chi connectivity index (χ0v) is 19.2. The highest BCUT2D eigenvalue weighted by molar-refractivity contribution is 5.71. The molecule has 5 rings (SSSR count). The molecule has 176 valence electrons. The van der Waals surface area contributed by atoms with Crippen LogP contribution >= 0.6 is 0 Å². The average molecular weight is 467 g/mol. The van der Waals surface area contributed by atoms with Crippen molar-refractivity contribution in [1.29, 1.82) is 0 Å². The zero-order valence-electron chi connectivity index (χ0n) is 19.2. The van der Waals surface area contributed by atoms with Crippen molar-refractivity contribution >= 4 is 5.97 Å². The molecule has 0 aliphatic carbocycles. The summed E-state index contributed by atoms with van der Waals surface area (Å²) in [7, 11) is 0. The van der Waals surface area contributed by atoms with Crippen molar-refractivity contribution in [3.05, 3.63) is 125 Å². The van der Waals surface area contributed by atoms with Crippen LogP contribution < -0.4 is 9.47 Å². The Kier molecular flexibility index (Phi) is 6.66. The Bertz CT molecular complexity index is 1270. The summed E-state index contributed by atoms with van der Waals surface area (Å²) >= 11 is 0. The Balaban J connectivity index is 1.27. The molecule has 5 nitrogen and oxygen atoms in total. The number of hydrogen-bond acceptors (Lipinski definition) is 5. The largest absolute Gasteiger partial charge is 0.508 e. The molecule has 2 atom stereocenters. The first-order chi connectivity index (χ1) is 17.2. The molecule has 5 heteroatoms. The minimum absolute atomic E-state index is 0.0882. The van der Waals surface area contributed by atoms with Crippen LogP contribution in [0.5, 0.6) is 17.2 Å². The number of esters is 1. The monoisotopic (exact) mass is 466 g/mol. The number of ether oxygens (including phenoxy) is 3. The molecule has 0 radical (unpaired) electrons. The highest BCUT2D eigenvalue weighted by Gasteiger charge is 2.32. The van der Waals surface area contributed by atoms with Crippen molar-refractivity contribution in [2.75, 3.05) is 6.61 Å². The number of rotatable bonds is 7. The minimum atomic E-state index is -0.419. The average Bonchev–Trinajstić information content (AvgIpc) is 2.91. The molecule has 0 bridgehead atoms. The molecule has 0 aromatic heterocycles. The van der Waals surface area contributed by atoms with Gasteiger partial charge in [0, 0.05) is 5.92 Å². The van der Waals surface area contributed by atoms with Gasteiger partial charge in [-0.2, -0.15) is 0 Å². The van der Waals surface area contributed by atoms with Gasteiger partial charge in [-0.25, -0.2) is 4.79 Å². The maximum absolute atomic E-state index is 12.1. The molecule has 0 amide bonds. The molecule has 0 spiro atoms. The first kappa shape index (κ1) is 22.5. The van der Waals surface area contributed by atoms with Gasteiger partial charge in [0.2, 0.25) is 0 Å². The number of benzene rings is 4. The number of phenols is 1. The van der Waals surface area contributed by atoms with Gasteiger partial charge in [0.05, 0.1) is 0 Å². The van der Waals surface area contributed by atoms with Crippen LogP contribution in [0.2, 0.25) is 0 Å². The van der Waals surface area contributed by atoms with Crippen LogP contribution in [-0.2, 0) is 22.6 Å². The standard InChI is InChI=1S/C30H26O5/c31-25-13-16-28-24(17-25)18-27(22-9-5-2-6-10-22)30(35-28)23-11-14-26(15-12-23)33-20-29(32)34-19-21-7-3-1-4-8-21/h1-17,27,30-31H,18-20H2. The number of carbonyl (C=O) groups excluding carboxylic acids is 1. The zero-order chi connectivity index (χ0) is 24.0. The maximum atomic E-state index is 12.1. The van der Waals surface area contributed by atoms with Crippen LogP contribution in [-0.4, -0.2) is 17.7 Å². The molecule has 0 saturated heterocycles. The van der Waals surface area contributed by atoms with E-state index in [0.29, 0.717) is 5.75 Å². The van der Waals surface area contributed by atoms with Crippen molar-refractivity contribution in [2.24, 2.45) is 0 Å². The third kappa shape index (κ3) is 5.46. The third-order valence-electron chi connectivity index (χ3n) is 6.14. The molecule has 0 saturated carbocycles. The van der Waals surface area contributed by atoms with Gasteiger partial charge in [-0.1, -0.05) is 72.8 Å². The summed E-state index contributed by atoms with van der Waals surface area (Å²) < 4.78 is 17.3. The quantitative estimate of drug-likeness (QED) is 0.340. The predicted octanol–water partition coefficient (Wildman–Crippen LogP) is 5.97. The number of fused-ring (bicyclic) bond motifs is 1. The molecule has 2 unspecified atom stereocenters. The summed E-state index contributed by atoms with van der Waals surface area (Å²) in [5.41, 5.74) is 4.11. The summed E-state index contributed by atoms with van der Waals surface area (Å²) in [6.45, 7) is 0.0662.